The Bertz CT molecular complexity index is 489. The van der Waals surface area contributed by atoms with E-state index in [4.69, 9.17) is 4.74 Å². The van der Waals surface area contributed by atoms with Gasteiger partial charge in [-0.05, 0) is 19.1 Å². The third kappa shape index (κ3) is 2.52. The van der Waals surface area contributed by atoms with Crippen molar-refractivity contribution in [3.05, 3.63) is 35.8 Å². The second-order valence-corrected chi connectivity index (χ2v) is 4.29. The molecule has 0 saturated heterocycles. The van der Waals surface area contributed by atoms with Gasteiger partial charge in [0.2, 0.25) is 0 Å². The number of anilines is 1. The molecule has 0 amide bonds. The van der Waals surface area contributed by atoms with Gasteiger partial charge in [0.25, 0.3) is 0 Å². The van der Waals surface area contributed by atoms with Gasteiger partial charge >= 0.3 is 0 Å². The second-order valence-electron chi connectivity index (χ2n) is 3.50. The molecule has 1 aromatic carbocycles. The topological polar surface area (TPSA) is 47.0 Å². The number of hydrogen-bond donors (Lipinski definition) is 1. The van der Waals surface area contributed by atoms with Crippen LogP contribution in [0.25, 0.3) is 0 Å². The molecule has 90 valence electrons. The third-order valence-electron chi connectivity index (χ3n) is 2.39. The number of benzene rings is 1. The molecule has 0 radical (unpaired) electrons. The molecule has 0 spiro atoms. The molecule has 1 unspecified atom stereocenters. The number of methoxy groups -OCH3 is 1. The van der Waals surface area contributed by atoms with Gasteiger partial charge in [-0.3, -0.25) is 0 Å². The second kappa shape index (κ2) is 5.09. The summed E-state index contributed by atoms with van der Waals surface area (Å²) in [6, 6.07) is 4.56. The lowest BCUT2D eigenvalue weighted by Crippen LogP contribution is -2.09. The van der Waals surface area contributed by atoms with E-state index in [2.05, 4.69) is 14.9 Å². The number of ether oxygens (including phenoxy) is 1. The van der Waals surface area contributed by atoms with E-state index >= 15 is 0 Å². The van der Waals surface area contributed by atoms with Gasteiger partial charge < -0.3 is 10.1 Å². The molecule has 0 aliphatic rings. The van der Waals surface area contributed by atoms with Gasteiger partial charge in [-0.25, -0.2) is 4.39 Å². The van der Waals surface area contributed by atoms with E-state index in [1.54, 1.807) is 18.3 Å². The third-order valence-corrected chi connectivity index (χ3v) is 2.98. The molecule has 6 heteroatoms. The Morgan fingerprint density at radius 1 is 1.47 bits per heavy atom. The summed E-state index contributed by atoms with van der Waals surface area (Å²) in [5.74, 6) is 0.240. The first-order valence-electron chi connectivity index (χ1n) is 5.08. The minimum absolute atomic E-state index is 0.214. The smallest absolute Gasteiger partial charge is 0.132 e. The van der Waals surface area contributed by atoms with Crippen molar-refractivity contribution in [2.75, 3.05) is 12.4 Å². The van der Waals surface area contributed by atoms with Crippen molar-refractivity contribution in [2.24, 2.45) is 0 Å². The Hall–Kier alpha value is -1.69. The van der Waals surface area contributed by atoms with Crippen LogP contribution >= 0.6 is 11.5 Å². The number of aromatic nitrogens is 2. The lowest BCUT2D eigenvalue weighted by molar-refractivity contribution is 0.402. The van der Waals surface area contributed by atoms with Crippen molar-refractivity contribution >= 4 is 16.5 Å². The van der Waals surface area contributed by atoms with Crippen LogP contribution in [0.5, 0.6) is 5.75 Å². The molecule has 0 fully saturated rings. The molecule has 0 aliphatic carbocycles. The van der Waals surface area contributed by atoms with E-state index in [-0.39, 0.29) is 11.9 Å². The summed E-state index contributed by atoms with van der Waals surface area (Å²) in [6.45, 7) is 1.86. The quantitative estimate of drug-likeness (QED) is 0.910. The fraction of sp³-hybridized carbons (Fsp3) is 0.273. The highest BCUT2D eigenvalue weighted by Crippen LogP contribution is 2.30. The van der Waals surface area contributed by atoms with Crippen molar-refractivity contribution in [2.45, 2.75) is 13.0 Å². The average molecular weight is 253 g/mol. The van der Waals surface area contributed by atoms with Crippen LogP contribution in [0, 0.1) is 5.82 Å². The van der Waals surface area contributed by atoms with Crippen molar-refractivity contribution in [3.8, 4) is 5.75 Å². The first-order valence-corrected chi connectivity index (χ1v) is 5.86. The number of nitrogens with one attached hydrogen (secondary N) is 1. The van der Waals surface area contributed by atoms with E-state index in [0.29, 0.717) is 11.3 Å². The van der Waals surface area contributed by atoms with Gasteiger partial charge in [0, 0.05) is 11.5 Å². The van der Waals surface area contributed by atoms with Crippen molar-refractivity contribution in [3.63, 3.8) is 0 Å². The van der Waals surface area contributed by atoms with Crippen molar-refractivity contribution < 1.29 is 9.13 Å². The molecular formula is C11H12FN3OS. The van der Waals surface area contributed by atoms with Crippen LogP contribution in [0.4, 0.5) is 9.39 Å². The molecule has 0 aliphatic heterocycles. The van der Waals surface area contributed by atoms with Crippen LogP contribution in [-0.4, -0.2) is 16.7 Å². The Morgan fingerprint density at radius 2 is 2.29 bits per heavy atom. The average Bonchev–Trinajstić information content (AvgIpc) is 2.81. The molecule has 1 N–H and O–H groups in total. The fourth-order valence-corrected chi connectivity index (χ4v) is 2.14. The molecule has 17 heavy (non-hydrogen) atoms. The lowest BCUT2D eigenvalue weighted by atomic mass is 10.1. The van der Waals surface area contributed by atoms with E-state index in [0.717, 1.165) is 5.00 Å². The summed E-state index contributed by atoms with van der Waals surface area (Å²) in [5, 5.41) is 7.64. The minimum Gasteiger partial charge on any atom is -0.496 e. The summed E-state index contributed by atoms with van der Waals surface area (Å²) in [7, 11) is 1.53. The van der Waals surface area contributed by atoms with Gasteiger partial charge in [-0.15, -0.1) is 5.10 Å². The molecule has 2 aromatic rings. The summed E-state index contributed by atoms with van der Waals surface area (Å²) in [6.07, 6.45) is 1.61. The van der Waals surface area contributed by atoms with Crippen LogP contribution < -0.4 is 10.1 Å². The van der Waals surface area contributed by atoms with E-state index in [9.17, 15) is 4.39 Å². The monoisotopic (exact) mass is 253 g/mol. The summed E-state index contributed by atoms with van der Waals surface area (Å²) < 4.78 is 22.7. The summed E-state index contributed by atoms with van der Waals surface area (Å²) in [4.78, 5) is 0. The van der Waals surface area contributed by atoms with E-state index in [1.165, 1.54) is 24.7 Å². The highest BCUT2D eigenvalue weighted by Gasteiger charge is 2.16. The van der Waals surface area contributed by atoms with Crippen LogP contribution in [-0.2, 0) is 0 Å². The maximum Gasteiger partial charge on any atom is 0.132 e. The van der Waals surface area contributed by atoms with Gasteiger partial charge in [0.05, 0.1) is 24.9 Å². The number of rotatable bonds is 4. The lowest BCUT2D eigenvalue weighted by Gasteiger charge is -2.17. The highest BCUT2D eigenvalue weighted by atomic mass is 32.1. The van der Waals surface area contributed by atoms with Gasteiger partial charge in [-0.1, -0.05) is 10.6 Å². The Morgan fingerprint density at radius 3 is 2.94 bits per heavy atom. The Kier molecular flexibility index (Phi) is 3.53. The fourth-order valence-electron chi connectivity index (χ4n) is 1.63. The maximum absolute atomic E-state index is 13.8. The molecule has 1 heterocycles. The number of nitrogens with zero attached hydrogens (tertiary/aromatic N) is 2. The summed E-state index contributed by atoms with van der Waals surface area (Å²) in [5.41, 5.74) is 0.503. The highest BCUT2D eigenvalue weighted by molar-refractivity contribution is 7.09. The molecule has 1 aromatic heterocycles. The standard InChI is InChI=1S/C11H12FN3OS/c1-7(14-10-6-13-15-17-10)11-8(12)4-3-5-9(11)16-2/h3-7,14H,1-2H3. The van der Waals surface area contributed by atoms with Gasteiger partial charge in [0.15, 0.2) is 0 Å². The molecular weight excluding hydrogens is 241 g/mol. The molecule has 1 atom stereocenters. The zero-order valence-electron chi connectivity index (χ0n) is 9.48. The van der Waals surface area contributed by atoms with Crippen LogP contribution in [0.2, 0.25) is 0 Å². The molecule has 2 rings (SSSR count). The Balaban J connectivity index is 2.26. The SMILES string of the molecule is COc1cccc(F)c1C(C)Nc1cnns1. The van der Waals surface area contributed by atoms with Gasteiger partial charge in [-0.2, -0.15) is 0 Å². The van der Waals surface area contributed by atoms with Crippen molar-refractivity contribution in [1.29, 1.82) is 0 Å². The van der Waals surface area contributed by atoms with Crippen LogP contribution in [0.3, 0.4) is 0 Å². The molecule has 0 bridgehead atoms. The first kappa shape index (κ1) is 11.8. The largest absolute Gasteiger partial charge is 0.496 e. The molecule has 0 saturated carbocycles. The molecule has 4 nitrogen and oxygen atoms in total. The summed E-state index contributed by atoms with van der Waals surface area (Å²) >= 11 is 1.23. The van der Waals surface area contributed by atoms with Crippen LogP contribution in [0.1, 0.15) is 18.5 Å². The van der Waals surface area contributed by atoms with Crippen molar-refractivity contribution in [1.82, 2.24) is 9.59 Å². The first-order chi connectivity index (χ1) is 8.22. The predicted octanol–water partition coefficient (Wildman–Crippen LogP) is 2.86. The van der Waals surface area contributed by atoms with Crippen LogP contribution in [0.15, 0.2) is 24.4 Å². The van der Waals surface area contributed by atoms with Gasteiger partial charge in [0.1, 0.15) is 16.6 Å². The minimum atomic E-state index is -0.290. The zero-order chi connectivity index (χ0) is 12.3. The maximum atomic E-state index is 13.8. The van der Waals surface area contributed by atoms with E-state index in [1.807, 2.05) is 6.92 Å². The van der Waals surface area contributed by atoms with E-state index < -0.39 is 0 Å². The normalized spacial score (nSPS) is 12.2. The Labute approximate surface area is 103 Å². The number of halogens is 1. The zero-order valence-corrected chi connectivity index (χ0v) is 10.3. The number of hydrogen-bond acceptors (Lipinski definition) is 5. The predicted molar refractivity (Wildman–Crippen MR) is 64.9 cm³/mol.